The Morgan fingerprint density at radius 3 is 3.06 bits per heavy atom. The molecule has 4 heteroatoms. The maximum absolute atomic E-state index is 5.72. The van der Waals surface area contributed by atoms with Crippen molar-refractivity contribution in [2.24, 2.45) is 0 Å². The highest BCUT2D eigenvalue weighted by Gasteiger charge is 2.17. The number of nitrogens with zero attached hydrogens (tertiary/aromatic N) is 1. The number of morpholine rings is 1. The van der Waals surface area contributed by atoms with E-state index in [1.54, 1.807) is 7.11 Å². The molecule has 1 aliphatic heterocycles. The topological polar surface area (TPSA) is 43.4 Å². The van der Waals surface area contributed by atoms with Crippen LogP contribution in [0.2, 0.25) is 0 Å². The van der Waals surface area contributed by atoms with Gasteiger partial charge in [-0.3, -0.25) is 0 Å². The van der Waals surface area contributed by atoms with Gasteiger partial charge in [0, 0.05) is 18.5 Å². The summed E-state index contributed by atoms with van der Waals surface area (Å²) in [7, 11) is 1.67. The molecule has 0 spiro atoms. The SMILES string of the molecule is COc1cccc2ccc(C3CNCCO3)nc12. The van der Waals surface area contributed by atoms with Crippen molar-refractivity contribution < 1.29 is 9.47 Å². The highest BCUT2D eigenvalue weighted by molar-refractivity contribution is 5.84. The first-order valence-corrected chi connectivity index (χ1v) is 6.14. The van der Waals surface area contributed by atoms with E-state index in [1.807, 2.05) is 24.3 Å². The molecule has 0 bridgehead atoms. The number of methoxy groups -OCH3 is 1. The normalized spacial score (nSPS) is 19.9. The Morgan fingerprint density at radius 1 is 1.33 bits per heavy atom. The van der Waals surface area contributed by atoms with Gasteiger partial charge in [-0.05, 0) is 12.1 Å². The molecule has 1 N–H and O–H groups in total. The molecule has 3 rings (SSSR count). The van der Waals surface area contributed by atoms with Crippen LogP contribution in [-0.4, -0.2) is 31.8 Å². The summed E-state index contributed by atoms with van der Waals surface area (Å²) < 4.78 is 11.1. The third-order valence-corrected chi connectivity index (χ3v) is 3.18. The molecule has 94 valence electrons. The Balaban J connectivity index is 2.03. The van der Waals surface area contributed by atoms with Crippen LogP contribution in [0.25, 0.3) is 10.9 Å². The molecule has 0 radical (unpaired) electrons. The fourth-order valence-electron chi connectivity index (χ4n) is 2.23. The molecule has 1 aromatic heterocycles. The van der Waals surface area contributed by atoms with Gasteiger partial charge in [0.05, 0.1) is 19.4 Å². The molecule has 0 saturated carbocycles. The summed E-state index contributed by atoms with van der Waals surface area (Å²) in [6.07, 6.45) is 0.0352. The zero-order valence-corrected chi connectivity index (χ0v) is 10.3. The number of hydrogen-bond acceptors (Lipinski definition) is 4. The minimum atomic E-state index is 0.0352. The molecule has 0 aliphatic carbocycles. The number of benzene rings is 1. The lowest BCUT2D eigenvalue weighted by Gasteiger charge is -2.23. The van der Waals surface area contributed by atoms with Crippen LogP contribution >= 0.6 is 0 Å². The first kappa shape index (κ1) is 11.4. The lowest BCUT2D eigenvalue weighted by atomic mass is 10.1. The summed E-state index contributed by atoms with van der Waals surface area (Å²) in [4.78, 5) is 4.68. The highest BCUT2D eigenvalue weighted by Crippen LogP contribution is 2.26. The minimum absolute atomic E-state index is 0.0352. The summed E-state index contributed by atoms with van der Waals surface area (Å²) in [5, 5.41) is 4.40. The second-order valence-electron chi connectivity index (χ2n) is 4.33. The molecule has 1 aliphatic rings. The van der Waals surface area contributed by atoms with Gasteiger partial charge in [-0.2, -0.15) is 0 Å². The first-order chi connectivity index (χ1) is 8.88. The molecule has 0 amide bonds. The number of fused-ring (bicyclic) bond motifs is 1. The zero-order valence-electron chi connectivity index (χ0n) is 10.3. The van der Waals surface area contributed by atoms with E-state index in [-0.39, 0.29) is 6.10 Å². The van der Waals surface area contributed by atoms with E-state index in [1.165, 1.54) is 0 Å². The van der Waals surface area contributed by atoms with Gasteiger partial charge < -0.3 is 14.8 Å². The third-order valence-electron chi connectivity index (χ3n) is 3.18. The second kappa shape index (κ2) is 4.92. The molecule has 2 aromatic rings. The second-order valence-corrected chi connectivity index (χ2v) is 4.33. The molecule has 2 heterocycles. The minimum Gasteiger partial charge on any atom is -0.494 e. The Labute approximate surface area is 106 Å². The summed E-state index contributed by atoms with van der Waals surface area (Å²) in [6.45, 7) is 2.46. The quantitative estimate of drug-likeness (QED) is 0.876. The van der Waals surface area contributed by atoms with Crippen LogP contribution in [0.1, 0.15) is 11.8 Å². The van der Waals surface area contributed by atoms with Crippen molar-refractivity contribution in [1.29, 1.82) is 0 Å². The largest absolute Gasteiger partial charge is 0.494 e. The van der Waals surface area contributed by atoms with Crippen LogP contribution in [-0.2, 0) is 4.74 Å². The zero-order chi connectivity index (χ0) is 12.4. The molecular formula is C14H16N2O2. The molecule has 1 aromatic carbocycles. The Morgan fingerprint density at radius 2 is 2.28 bits per heavy atom. The number of pyridine rings is 1. The Hall–Kier alpha value is -1.65. The van der Waals surface area contributed by atoms with Crippen molar-refractivity contribution in [1.82, 2.24) is 10.3 Å². The fourth-order valence-corrected chi connectivity index (χ4v) is 2.23. The van der Waals surface area contributed by atoms with Crippen LogP contribution in [0.3, 0.4) is 0 Å². The van der Waals surface area contributed by atoms with Crippen LogP contribution in [0.4, 0.5) is 0 Å². The van der Waals surface area contributed by atoms with Crippen LogP contribution < -0.4 is 10.1 Å². The number of nitrogens with one attached hydrogen (secondary N) is 1. The molecule has 1 saturated heterocycles. The van der Waals surface area contributed by atoms with E-state index >= 15 is 0 Å². The highest BCUT2D eigenvalue weighted by atomic mass is 16.5. The number of para-hydroxylation sites is 1. The lowest BCUT2D eigenvalue weighted by Crippen LogP contribution is -2.33. The average molecular weight is 244 g/mol. The summed E-state index contributed by atoms with van der Waals surface area (Å²) in [5.41, 5.74) is 1.85. The van der Waals surface area contributed by atoms with E-state index < -0.39 is 0 Å². The number of hydrogen-bond donors (Lipinski definition) is 1. The predicted molar refractivity (Wildman–Crippen MR) is 69.9 cm³/mol. The smallest absolute Gasteiger partial charge is 0.145 e. The Kier molecular flexibility index (Phi) is 3.13. The fraction of sp³-hybridized carbons (Fsp3) is 0.357. The van der Waals surface area contributed by atoms with Crippen molar-refractivity contribution in [2.45, 2.75) is 6.10 Å². The van der Waals surface area contributed by atoms with Gasteiger partial charge in [-0.15, -0.1) is 0 Å². The van der Waals surface area contributed by atoms with Gasteiger partial charge in [-0.25, -0.2) is 4.98 Å². The standard InChI is InChI=1S/C14H16N2O2/c1-17-12-4-2-3-10-5-6-11(16-14(10)12)13-9-15-7-8-18-13/h2-6,13,15H,7-9H2,1H3. The van der Waals surface area contributed by atoms with E-state index in [0.29, 0.717) is 0 Å². The van der Waals surface area contributed by atoms with E-state index in [0.717, 1.165) is 42.0 Å². The van der Waals surface area contributed by atoms with E-state index in [4.69, 9.17) is 9.47 Å². The van der Waals surface area contributed by atoms with Crippen molar-refractivity contribution >= 4 is 10.9 Å². The van der Waals surface area contributed by atoms with E-state index in [2.05, 4.69) is 16.4 Å². The number of rotatable bonds is 2. The maximum Gasteiger partial charge on any atom is 0.145 e. The predicted octanol–water partition coefficient (Wildman–Crippen LogP) is 1.90. The summed E-state index contributed by atoms with van der Waals surface area (Å²) >= 11 is 0. The van der Waals surface area contributed by atoms with Crippen molar-refractivity contribution in [3.8, 4) is 5.75 Å². The molecular weight excluding hydrogens is 228 g/mol. The van der Waals surface area contributed by atoms with E-state index in [9.17, 15) is 0 Å². The third kappa shape index (κ3) is 2.05. The van der Waals surface area contributed by atoms with Crippen molar-refractivity contribution in [2.75, 3.05) is 26.8 Å². The van der Waals surface area contributed by atoms with Gasteiger partial charge in [0.25, 0.3) is 0 Å². The number of ether oxygens (including phenoxy) is 2. The van der Waals surface area contributed by atoms with Gasteiger partial charge in [0.1, 0.15) is 17.4 Å². The van der Waals surface area contributed by atoms with Gasteiger partial charge >= 0.3 is 0 Å². The molecule has 1 unspecified atom stereocenters. The molecule has 18 heavy (non-hydrogen) atoms. The van der Waals surface area contributed by atoms with Crippen molar-refractivity contribution in [3.05, 3.63) is 36.0 Å². The maximum atomic E-state index is 5.72. The van der Waals surface area contributed by atoms with Crippen molar-refractivity contribution in [3.63, 3.8) is 0 Å². The van der Waals surface area contributed by atoms with Crippen LogP contribution in [0, 0.1) is 0 Å². The van der Waals surface area contributed by atoms with Crippen LogP contribution in [0.5, 0.6) is 5.75 Å². The lowest BCUT2D eigenvalue weighted by molar-refractivity contribution is 0.0252. The van der Waals surface area contributed by atoms with Crippen LogP contribution in [0.15, 0.2) is 30.3 Å². The molecule has 4 nitrogen and oxygen atoms in total. The average Bonchev–Trinajstić information content (AvgIpc) is 2.47. The monoisotopic (exact) mass is 244 g/mol. The molecule has 1 atom stereocenters. The summed E-state index contributed by atoms with van der Waals surface area (Å²) in [6, 6.07) is 10.0. The number of aromatic nitrogens is 1. The van der Waals surface area contributed by atoms with Gasteiger partial charge in [-0.1, -0.05) is 18.2 Å². The Bertz CT molecular complexity index is 550. The molecule has 1 fully saturated rings. The van der Waals surface area contributed by atoms with Gasteiger partial charge in [0.2, 0.25) is 0 Å². The summed E-state index contributed by atoms with van der Waals surface area (Å²) in [5.74, 6) is 0.804. The van der Waals surface area contributed by atoms with Gasteiger partial charge in [0.15, 0.2) is 0 Å². The first-order valence-electron chi connectivity index (χ1n) is 6.14.